The van der Waals surface area contributed by atoms with E-state index in [4.69, 9.17) is 0 Å². The summed E-state index contributed by atoms with van der Waals surface area (Å²) in [4.78, 5) is 14.8. The summed E-state index contributed by atoms with van der Waals surface area (Å²) in [5.74, 6) is -0.832. The van der Waals surface area contributed by atoms with E-state index in [1.807, 2.05) is 43.3 Å². The van der Waals surface area contributed by atoms with Gasteiger partial charge in [0.25, 0.3) is 10.0 Å². The highest BCUT2D eigenvalue weighted by atomic mass is 32.2. The number of carbonyl (C=O) groups excluding carboxylic acids is 1. The number of allylic oxidation sites excluding steroid dienone is 4. The maximum atomic E-state index is 14.8. The van der Waals surface area contributed by atoms with Crippen LogP contribution >= 0.6 is 11.3 Å². The predicted molar refractivity (Wildman–Crippen MR) is 193 cm³/mol. The Morgan fingerprint density at radius 1 is 0.923 bits per heavy atom. The number of hydrogen-bond donors (Lipinski definition) is 2. The summed E-state index contributed by atoms with van der Waals surface area (Å²) < 4.78 is 71.7. The van der Waals surface area contributed by atoms with Crippen molar-refractivity contribution in [2.24, 2.45) is 33.5 Å². The molecule has 6 aliphatic rings. The topological polar surface area (TPSA) is 94.9 Å². The Bertz CT molecular complexity index is 2070. The highest BCUT2D eigenvalue weighted by Gasteiger charge is 2.74. The first-order valence-electron chi connectivity index (χ1n) is 18.1. The van der Waals surface area contributed by atoms with E-state index in [1.54, 1.807) is 17.5 Å². The SMILES string of the molecule is C[C@]12CC[C@H]3[C@]4(C=C[C@@]5(C=C4C(=O)c4cccc(C(F)(F)F)c4)CC(O)CC[C@]35C)[C@@H]1CC[C@@]2(O)CN(Cc1ccccc1)S(=O)(=O)c1cccs1. The van der Waals surface area contributed by atoms with E-state index in [0.717, 1.165) is 35.5 Å². The molecule has 6 aliphatic carbocycles. The second-order valence-electron chi connectivity index (χ2n) is 16.4. The summed E-state index contributed by atoms with van der Waals surface area (Å²) in [7, 11) is -3.99. The summed E-state index contributed by atoms with van der Waals surface area (Å²) in [6.07, 6.45) is 4.82. The van der Waals surface area contributed by atoms with E-state index in [2.05, 4.69) is 19.1 Å². The van der Waals surface area contributed by atoms with Gasteiger partial charge >= 0.3 is 6.18 Å². The predicted octanol–water partition coefficient (Wildman–Crippen LogP) is 8.43. The molecule has 8 atom stereocenters. The number of hydrogen-bond acceptors (Lipinski definition) is 6. The molecular weight excluding hydrogens is 708 g/mol. The Labute approximate surface area is 307 Å². The maximum Gasteiger partial charge on any atom is 0.416 e. The zero-order valence-corrected chi connectivity index (χ0v) is 30.9. The number of benzene rings is 2. The van der Waals surface area contributed by atoms with Crippen molar-refractivity contribution < 1.29 is 36.6 Å². The van der Waals surface area contributed by atoms with Gasteiger partial charge in [-0.15, -0.1) is 11.3 Å². The average molecular weight is 752 g/mol. The van der Waals surface area contributed by atoms with Gasteiger partial charge in [0.1, 0.15) is 4.21 Å². The van der Waals surface area contributed by atoms with Crippen molar-refractivity contribution in [1.82, 2.24) is 4.31 Å². The molecule has 0 saturated heterocycles. The number of carbonyl (C=O) groups is 1. The highest BCUT2D eigenvalue weighted by Crippen LogP contribution is 2.78. The van der Waals surface area contributed by atoms with E-state index in [9.17, 15) is 36.6 Å². The molecule has 9 rings (SSSR count). The number of nitrogens with zero attached hydrogens (tertiary/aromatic N) is 1. The lowest BCUT2D eigenvalue weighted by Crippen LogP contribution is -2.67. The first-order chi connectivity index (χ1) is 24.5. The standard InChI is InChI=1S/C41H44F3NO5S2/c1-36-16-13-30(46)23-38(36)19-20-40(31(24-38)35(47)28-10-6-11-29(22-28)41(42,43)44)32(36)14-17-37(2)33(40)15-18-39(37,48)26-45(25-27-8-4-3-5-9-27)52(49,50)34-12-7-21-51-34/h3-12,19-22,24,30,32-33,46,48H,13-18,23,25-26H2,1-2H3/t30?,32-,33-,36-,37+,38+,39-,40-/m1/s1. The number of aliphatic hydroxyl groups excluding tert-OH is 1. The van der Waals surface area contributed by atoms with Gasteiger partial charge in [0.15, 0.2) is 5.78 Å². The number of fused-ring (bicyclic) bond motifs is 1. The quantitative estimate of drug-likeness (QED) is 0.178. The van der Waals surface area contributed by atoms with Crippen molar-refractivity contribution in [3.8, 4) is 0 Å². The molecule has 276 valence electrons. The van der Waals surface area contributed by atoms with Gasteiger partial charge in [-0.1, -0.05) is 80.6 Å². The first kappa shape index (κ1) is 35.9. The molecule has 1 heterocycles. The number of Topliss-reactive ketones (excluding diaryl/α,β-unsaturated/α-hetero) is 1. The zero-order chi connectivity index (χ0) is 37.0. The molecule has 0 amide bonds. The van der Waals surface area contributed by atoms with Crippen molar-refractivity contribution in [3.63, 3.8) is 0 Å². The average Bonchev–Trinajstić information content (AvgIpc) is 3.75. The molecule has 3 aromatic rings. The molecule has 0 radical (unpaired) electrons. The summed E-state index contributed by atoms with van der Waals surface area (Å²) in [5.41, 5.74) is -3.90. The lowest BCUT2D eigenvalue weighted by molar-refractivity contribution is -0.173. The van der Waals surface area contributed by atoms with Crippen molar-refractivity contribution in [1.29, 1.82) is 0 Å². The smallest absolute Gasteiger partial charge is 0.393 e. The third-order valence-corrected chi connectivity index (χ3v) is 17.3. The molecule has 1 unspecified atom stereocenters. The van der Waals surface area contributed by atoms with Gasteiger partial charge in [0.05, 0.1) is 17.3 Å². The van der Waals surface area contributed by atoms with Crippen LogP contribution in [0.5, 0.6) is 0 Å². The van der Waals surface area contributed by atoms with Crippen LogP contribution in [-0.4, -0.2) is 47.0 Å². The molecule has 2 spiro atoms. The van der Waals surface area contributed by atoms with Crippen molar-refractivity contribution in [3.05, 3.63) is 113 Å². The fourth-order valence-corrected chi connectivity index (χ4v) is 14.1. The van der Waals surface area contributed by atoms with Crippen LogP contribution in [0.3, 0.4) is 0 Å². The van der Waals surface area contributed by atoms with E-state index in [1.165, 1.54) is 16.4 Å². The lowest BCUT2D eigenvalue weighted by atomic mass is 9.32. The molecule has 0 aliphatic heterocycles. The normalized spacial score (nSPS) is 36.6. The Morgan fingerprint density at radius 3 is 2.35 bits per heavy atom. The van der Waals surface area contributed by atoms with E-state index in [-0.39, 0.29) is 40.1 Å². The maximum absolute atomic E-state index is 14.8. The molecule has 1 aromatic heterocycles. The molecule has 3 saturated carbocycles. The summed E-state index contributed by atoms with van der Waals surface area (Å²) in [6, 6.07) is 17.2. The van der Waals surface area contributed by atoms with Crippen LogP contribution in [0.1, 0.15) is 80.3 Å². The third-order valence-electron chi connectivity index (χ3n) is 14.1. The number of aliphatic hydroxyl groups is 2. The van der Waals surface area contributed by atoms with Crippen LogP contribution in [0.2, 0.25) is 0 Å². The van der Waals surface area contributed by atoms with Gasteiger partial charge in [-0.05, 0) is 91.3 Å². The number of rotatable bonds is 8. The summed E-state index contributed by atoms with van der Waals surface area (Å²) in [6.45, 7) is 4.19. The number of alkyl halides is 3. The lowest BCUT2D eigenvalue weighted by Gasteiger charge is -2.71. The van der Waals surface area contributed by atoms with E-state index in [0.29, 0.717) is 44.1 Å². The number of sulfonamides is 1. The molecular formula is C41H44F3NO5S2. The molecule has 3 fully saturated rings. The Hall–Kier alpha value is -3.09. The molecule has 2 N–H and O–H groups in total. The third kappa shape index (κ3) is 5.05. The molecule has 52 heavy (non-hydrogen) atoms. The van der Waals surface area contributed by atoms with Crippen LogP contribution in [0, 0.1) is 33.5 Å². The van der Waals surface area contributed by atoms with E-state index < -0.39 is 55.5 Å². The fourth-order valence-electron chi connectivity index (χ4n) is 11.4. The first-order valence-corrected chi connectivity index (χ1v) is 20.4. The van der Waals surface area contributed by atoms with E-state index >= 15 is 0 Å². The van der Waals surface area contributed by atoms with Crippen LogP contribution < -0.4 is 0 Å². The zero-order valence-electron chi connectivity index (χ0n) is 29.3. The Kier molecular flexibility index (Phi) is 8.26. The second kappa shape index (κ2) is 12.0. The number of ketones is 1. The number of thiophene rings is 1. The highest BCUT2D eigenvalue weighted by molar-refractivity contribution is 7.91. The van der Waals surface area contributed by atoms with Crippen LogP contribution in [-0.2, 0) is 22.7 Å². The monoisotopic (exact) mass is 751 g/mol. The van der Waals surface area contributed by atoms with Gasteiger partial charge in [-0.25, -0.2) is 8.42 Å². The fraction of sp³-hybridized carbons (Fsp3) is 0.488. The Balaban J connectivity index is 1.24. The van der Waals surface area contributed by atoms with Crippen molar-refractivity contribution in [2.75, 3.05) is 6.54 Å². The molecule has 2 bridgehead atoms. The molecule has 11 heteroatoms. The van der Waals surface area contributed by atoms with Gasteiger partial charge in [-0.2, -0.15) is 17.5 Å². The molecule has 6 nitrogen and oxygen atoms in total. The van der Waals surface area contributed by atoms with Gasteiger partial charge < -0.3 is 10.2 Å². The minimum absolute atomic E-state index is 0.0405. The number of halogens is 3. The van der Waals surface area contributed by atoms with Gasteiger partial charge in [0, 0.05) is 40.5 Å². The van der Waals surface area contributed by atoms with Crippen LogP contribution in [0.4, 0.5) is 13.2 Å². The van der Waals surface area contributed by atoms with Crippen LogP contribution in [0.25, 0.3) is 0 Å². The minimum Gasteiger partial charge on any atom is -0.393 e. The summed E-state index contributed by atoms with van der Waals surface area (Å²) in [5, 5.41) is 25.7. The van der Waals surface area contributed by atoms with Gasteiger partial charge in [0.2, 0.25) is 0 Å². The molecule has 2 aromatic carbocycles. The van der Waals surface area contributed by atoms with Crippen LogP contribution in [0.15, 0.2) is 100 Å². The summed E-state index contributed by atoms with van der Waals surface area (Å²) >= 11 is 1.13. The van der Waals surface area contributed by atoms with Crippen molar-refractivity contribution >= 4 is 27.1 Å². The van der Waals surface area contributed by atoms with Gasteiger partial charge in [-0.3, -0.25) is 4.79 Å². The minimum atomic E-state index is -4.62. The van der Waals surface area contributed by atoms with Crippen molar-refractivity contribution in [2.45, 2.75) is 87.4 Å². The largest absolute Gasteiger partial charge is 0.416 e. The Morgan fingerprint density at radius 2 is 1.63 bits per heavy atom. The second-order valence-corrected chi connectivity index (χ2v) is 19.5.